The summed E-state index contributed by atoms with van der Waals surface area (Å²) in [4.78, 5) is 0. The van der Waals surface area contributed by atoms with E-state index in [0.29, 0.717) is 0 Å². The average molecular weight is 219 g/mol. The molecule has 0 saturated carbocycles. The minimum atomic E-state index is 0.0529. The van der Waals surface area contributed by atoms with Gasteiger partial charge >= 0.3 is 0 Å². The molecular weight excluding hydrogens is 198 g/mol. The van der Waals surface area contributed by atoms with Crippen molar-refractivity contribution in [2.45, 2.75) is 31.7 Å². The van der Waals surface area contributed by atoms with Crippen LogP contribution in [0.2, 0.25) is 0 Å². The van der Waals surface area contributed by atoms with E-state index in [0.717, 1.165) is 13.2 Å². The van der Waals surface area contributed by atoms with Crippen LogP contribution in [0.3, 0.4) is 0 Å². The first-order valence-electron chi connectivity index (χ1n) is 5.86. The number of hydrogen-bond donors (Lipinski definition) is 1. The second kappa shape index (κ2) is 3.86. The SMILES string of the molecule is CNC(C)(C)C1(c2ccccc2C)COC1. The first-order chi connectivity index (χ1) is 7.53. The predicted octanol–water partition coefficient (Wildman–Crippen LogP) is 2.26. The van der Waals surface area contributed by atoms with Gasteiger partial charge in [-0.15, -0.1) is 0 Å². The van der Waals surface area contributed by atoms with Gasteiger partial charge in [-0.25, -0.2) is 0 Å². The van der Waals surface area contributed by atoms with Gasteiger partial charge < -0.3 is 10.1 Å². The Bertz CT molecular complexity index is 380. The first kappa shape index (κ1) is 11.6. The van der Waals surface area contributed by atoms with Gasteiger partial charge in [-0.1, -0.05) is 24.3 Å². The third-order valence-electron chi connectivity index (χ3n) is 4.18. The maximum atomic E-state index is 5.50. The Morgan fingerprint density at radius 1 is 1.25 bits per heavy atom. The number of benzene rings is 1. The molecule has 1 aromatic rings. The number of hydrogen-bond acceptors (Lipinski definition) is 2. The summed E-state index contributed by atoms with van der Waals surface area (Å²) in [7, 11) is 2.03. The first-order valence-corrected chi connectivity index (χ1v) is 5.86. The quantitative estimate of drug-likeness (QED) is 0.842. The second-order valence-corrected chi connectivity index (χ2v) is 5.26. The molecule has 0 aromatic heterocycles. The van der Waals surface area contributed by atoms with Crippen LogP contribution in [0.15, 0.2) is 24.3 Å². The van der Waals surface area contributed by atoms with E-state index < -0.39 is 0 Å². The third-order valence-corrected chi connectivity index (χ3v) is 4.18. The van der Waals surface area contributed by atoms with Crippen molar-refractivity contribution >= 4 is 0 Å². The Balaban J connectivity index is 2.47. The molecule has 0 spiro atoms. The van der Waals surface area contributed by atoms with Crippen molar-refractivity contribution in [1.82, 2.24) is 5.32 Å². The van der Waals surface area contributed by atoms with Crippen molar-refractivity contribution in [3.05, 3.63) is 35.4 Å². The van der Waals surface area contributed by atoms with Crippen molar-refractivity contribution in [2.75, 3.05) is 20.3 Å². The molecule has 2 rings (SSSR count). The fourth-order valence-corrected chi connectivity index (χ4v) is 2.51. The molecule has 1 N–H and O–H groups in total. The van der Waals surface area contributed by atoms with E-state index >= 15 is 0 Å². The lowest BCUT2D eigenvalue weighted by Crippen LogP contribution is -2.66. The lowest BCUT2D eigenvalue weighted by Gasteiger charge is -2.53. The van der Waals surface area contributed by atoms with E-state index in [1.165, 1.54) is 11.1 Å². The fourth-order valence-electron chi connectivity index (χ4n) is 2.51. The normalized spacial score (nSPS) is 19.2. The molecule has 1 aromatic carbocycles. The highest BCUT2D eigenvalue weighted by molar-refractivity contribution is 5.39. The lowest BCUT2D eigenvalue weighted by molar-refractivity contribution is -0.0993. The van der Waals surface area contributed by atoms with Crippen LogP contribution in [0.25, 0.3) is 0 Å². The topological polar surface area (TPSA) is 21.3 Å². The number of rotatable bonds is 3. The molecular formula is C14H21NO. The van der Waals surface area contributed by atoms with Crippen molar-refractivity contribution in [3.63, 3.8) is 0 Å². The van der Waals surface area contributed by atoms with Crippen molar-refractivity contribution < 1.29 is 4.74 Å². The van der Waals surface area contributed by atoms with Gasteiger partial charge in [0.15, 0.2) is 0 Å². The van der Waals surface area contributed by atoms with Crippen molar-refractivity contribution in [3.8, 4) is 0 Å². The summed E-state index contributed by atoms with van der Waals surface area (Å²) in [5, 5.41) is 3.43. The summed E-state index contributed by atoms with van der Waals surface area (Å²) in [6, 6.07) is 8.63. The molecule has 0 amide bonds. The van der Waals surface area contributed by atoms with Gasteiger partial charge in [-0.2, -0.15) is 0 Å². The van der Waals surface area contributed by atoms with Crippen LogP contribution in [0.1, 0.15) is 25.0 Å². The highest BCUT2D eigenvalue weighted by Gasteiger charge is 2.51. The van der Waals surface area contributed by atoms with E-state index in [2.05, 4.69) is 50.4 Å². The van der Waals surface area contributed by atoms with Gasteiger partial charge in [0.05, 0.1) is 18.6 Å². The molecule has 1 aliphatic rings. The lowest BCUT2D eigenvalue weighted by atomic mass is 9.64. The summed E-state index contributed by atoms with van der Waals surface area (Å²) in [6.07, 6.45) is 0. The Morgan fingerprint density at radius 3 is 2.31 bits per heavy atom. The zero-order valence-corrected chi connectivity index (χ0v) is 10.6. The van der Waals surface area contributed by atoms with Crippen LogP contribution in [0.5, 0.6) is 0 Å². The van der Waals surface area contributed by atoms with Gasteiger partial charge in [0.1, 0.15) is 0 Å². The van der Waals surface area contributed by atoms with E-state index in [4.69, 9.17) is 4.74 Å². The Hall–Kier alpha value is -0.860. The number of aryl methyl sites for hydroxylation is 1. The molecule has 1 heterocycles. The van der Waals surface area contributed by atoms with Crippen LogP contribution in [0, 0.1) is 6.92 Å². The highest BCUT2D eigenvalue weighted by Crippen LogP contribution is 2.42. The largest absolute Gasteiger partial charge is 0.379 e. The number of nitrogens with one attached hydrogen (secondary N) is 1. The van der Waals surface area contributed by atoms with Crippen LogP contribution in [-0.2, 0) is 10.2 Å². The van der Waals surface area contributed by atoms with Gasteiger partial charge in [-0.3, -0.25) is 0 Å². The maximum absolute atomic E-state index is 5.50. The zero-order chi connectivity index (χ0) is 11.8. The van der Waals surface area contributed by atoms with Crippen LogP contribution in [-0.4, -0.2) is 25.8 Å². The van der Waals surface area contributed by atoms with Gasteiger partial charge in [0.25, 0.3) is 0 Å². The van der Waals surface area contributed by atoms with Gasteiger partial charge in [-0.05, 0) is 38.9 Å². The third kappa shape index (κ3) is 1.48. The Labute approximate surface area is 98.0 Å². The molecule has 0 unspecified atom stereocenters. The molecule has 88 valence electrons. The molecule has 0 aliphatic carbocycles. The maximum Gasteiger partial charge on any atom is 0.0603 e. The fraction of sp³-hybridized carbons (Fsp3) is 0.571. The minimum absolute atomic E-state index is 0.0529. The van der Waals surface area contributed by atoms with Gasteiger partial charge in [0, 0.05) is 5.54 Å². The number of likely N-dealkylation sites (N-methyl/N-ethyl adjacent to an activating group) is 1. The standard InChI is InChI=1S/C14H21NO/c1-11-7-5-6-8-12(11)14(9-16-10-14)13(2,3)15-4/h5-8,15H,9-10H2,1-4H3. The van der Waals surface area contributed by atoms with Crippen LogP contribution < -0.4 is 5.32 Å². The van der Waals surface area contributed by atoms with Crippen LogP contribution >= 0.6 is 0 Å². The molecule has 16 heavy (non-hydrogen) atoms. The monoisotopic (exact) mass is 219 g/mol. The highest BCUT2D eigenvalue weighted by atomic mass is 16.5. The minimum Gasteiger partial charge on any atom is -0.379 e. The second-order valence-electron chi connectivity index (χ2n) is 5.26. The number of ether oxygens (including phenoxy) is 1. The van der Waals surface area contributed by atoms with Crippen LogP contribution in [0.4, 0.5) is 0 Å². The van der Waals surface area contributed by atoms with E-state index in [9.17, 15) is 0 Å². The Morgan fingerprint density at radius 2 is 1.88 bits per heavy atom. The molecule has 1 saturated heterocycles. The zero-order valence-electron chi connectivity index (χ0n) is 10.6. The average Bonchev–Trinajstić information content (AvgIpc) is 2.19. The van der Waals surface area contributed by atoms with E-state index in [1.807, 2.05) is 7.05 Å². The summed E-state index contributed by atoms with van der Waals surface area (Å²) < 4.78 is 5.50. The molecule has 2 nitrogen and oxygen atoms in total. The summed E-state index contributed by atoms with van der Waals surface area (Å²) in [5.74, 6) is 0. The molecule has 1 aliphatic heterocycles. The molecule has 2 heteroatoms. The predicted molar refractivity (Wildman–Crippen MR) is 66.8 cm³/mol. The molecule has 0 radical (unpaired) electrons. The summed E-state index contributed by atoms with van der Waals surface area (Å²) >= 11 is 0. The van der Waals surface area contributed by atoms with E-state index in [1.54, 1.807) is 0 Å². The molecule has 0 bridgehead atoms. The van der Waals surface area contributed by atoms with E-state index in [-0.39, 0.29) is 11.0 Å². The smallest absolute Gasteiger partial charge is 0.0603 e. The summed E-state index contributed by atoms with van der Waals surface area (Å²) in [5.41, 5.74) is 2.94. The Kier molecular flexibility index (Phi) is 2.81. The molecule has 1 fully saturated rings. The molecule has 0 atom stereocenters. The van der Waals surface area contributed by atoms with Gasteiger partial charge in [0.2, 0.25) is 0 Å². The van der Waals surface area contributed by atoms with Crippen molar-refractivity contribution in [1.29, 1.82) is 0 Å². The summed E-state index contributed by atoms with van der Waals surface area (Å²) in [6.45, 7) is 8.31. The van der Waals surface area contributed by atoms with Crippen molar-refractivity contribution in [2.24, 2.45) is 0 Å².